The number of fused-ring (bicyclic) bond motifs is 4. The van der Waals surface area contributed by atoms with Crippen LogP contribution in [0.15, 0.2) is 194 Å². The van der Waals surface area contributed by atoms with Crippen molar-refractivity contribution in [3.63, 3.8) is 0 Å². The Morgan fingerprint density at radius 2 is 0.917 bits per heavy atom. The normalized spacial score (nSPS) is 11.3. The molecule has 0 radical (unpaired) electrons. The van der Waals surface area contributed by atoms with Crippen LogP contribution in [0.5, 0.6) is 0 Å². The summed E-state index contributed by atoms with van der Waals surface area (Å²) < 4.78 is 2.43. The molecule has 0 aliphatic heterocycles. The largest absolute Gasteiger partial charge is 0.310 e. The molecular weight excluding hydrogens is 581 g/mol. The van der Waals surface area contributed by atoms with Crippen LogP contribution < -0.4 is 4.90 Å². The van der Waals surface area contributed by atoms with Gasteiger partial charge >= 0.3 is 0 Å². The van der Waals surface area contributed by atoms with Gasteiger partial charge in [-0.15, -0.1) is 0 Å². The summed E-state index contributed by atoms with van der Waals surface area (Å²) >= 11 is 0. The molecule has 0 amide bonds. The zero-order valence-electron chi connectivity index (χ0n) is 26.4. The van der Waals surface area contributed by atoms with Gasteiger partial charge in [-0.25, -0.2) is 0 Å². The van der Waals surface area contributed by atoms with Crippen molar-refractivity contribution < 1.29 is 0 Å². The van der Waals surface area contributed by atoms with Gasteiger partial charge in [0.15, 0.2) is 0 Å². The van der Waals surface area contributed by atoms with Crippen LogP contribution in [0.2, 0.25) is 0 Å². The molecule has 0 fully saturated rings. The van der Waals surface area contributed by atoms with Crippen molar-refractivity contribution in [1.29, 1.82) is 0 Å². The Bertz CT molecular complexity index is 2540. The molecule has 9 aromatic rings. The lowest BCUT2D eigenvalue weighted by atomic mass is 9.98. The van der Waals surface area contributed by atoms with Crippen molar-refractivity contribution in [2.24, 2.45) is 0 Å². The number of hydrogen-bond donors (Lipinski definition) is 0. The summed E-state index contributed by atoms with van der Waals surface area (Å²) in [6.07, 6.45) is 0. The topological polar surface area (TPSA) is 8.17 Å². The Balaban J connectivity index is 1.21. The third kappa shape index (κ3) is 4.74. The SMILES string of the molecule is c1ccc(-c2cccc3c4ccccc4n(-c4cccc(N(c5ccccc5)c5ccc(-c6cccc7ccccc67)cc5)c4)c23)cc1. The summed E-state index contributed by atoms with van der Waals surface area (Å²) in [5.74, 6) is 0. The molecular formula is C46H32N2. The Morgan fingerprint density at radius 3 is 1.75 bits per heavy atom. The van der Waals surface area contributed by atoms with E-state index in [4.69, 9.17) is 0 Å². The van der Waals surface area contributed by atoms with E-state index in [9.17, 15) is 0 Å². The fourth-order valence-electron chi connectivity index (χ4n) is 7.20. The highest BCUT2D eigenvalue weighted by molar-refractivity contribution is 6.13. The highest BCUT2D eigenvalue weighted by Crippen LogP contribution is 2.41. The number of hydrogen-bond acceptors (Lipinski definition) is 1. The quantitative estimate of drug-likeness (QED) is 0.181. The van der Waals surface area contributed by atoms with E-state index in [0.29, 0.717) is 0 Å². The van der Waals surface area contributed by atoms with E-state index in [2.05, 4.69) is 204 Å². The fourth-order valence-corrected chi connectivity index (χ4v) is 7.20. The maximum atomic E-state index is 2.43. The first kappa shape index (κ1) is 27.9. The molecule has 1 heterocycles. The number of para-hydroxylation sites is 3. The van der Waals surface area contributed by atoms with Gasteiger partial charge in [0.1, 0.15) is 0 Å². The minimum atomic E-state index is 1.10. The van der Waals surface area contributed by atoms with Gasteiger partial charge in [0, 0.05) is 39.1 Å². The second kappa shape index (κ2) is 11.8. The van der Waals surface area contributed by atoms with Gasteiger partial charge in [-0.1, -0.05) is 146 Å². The van der Waals surface area contributed by atoms with Gasteiger partial charge in [-0.2, -0.15) is 0 Å². The second-order valence-corrected chi connectivity index (χ2v) is 12.2. The maximum Gasteiger partial charge on any atom is 0.0619 e. The van der Waals surface area contributed by atoms with Crippen LogP contribution >= 0.6 is 0 Å². The predicted octanol–water partition coefficient (Wildman–Crippen LogP) is 12.7. The average Bonchev–Trinajstić information content (AvgIpc) is 3.51. The number of anilines is 3. The summed E-state index contributed by atoms with van der Waals surface area (Å²) in [6.45, 7) is 0. The lowest BCUT2D eigenvalue weighted by molar-refractivity contribution is 1.17. The first-order valence-corrected chi connectivity index (χ1v) is 16.4. The molecule has 2 nitrogen and oxygen atoms in total. The predicted molar refractivity (Wildman–Crippen MR) is 204 cm³/mol. The van der Waals surface area contributed by atoms with Crippen LogP contribution in [-0.2, 0) is 0 Å². The summed E-state index contributed by atoms with van der Waals surface area (Å²) in [5.41, 5.74) is 11.7. The number of benzene rings is 8. The molecule has 0 atom stereocenters. The monoisotopic (exact) mass is 612 g/mol. The van der Waals surface area contributed by atoms with E-state index in [-0.39, 0.29) is 0 Å². The maximum absolute atomic E-state index is 2.43. The van der Waals surface area contributed by atoms with Crippen molar-refractivity contribution >= 4 is 49.6 Å². The molecule has 0 saturated heterocycles. The standard InChI is InChI=1S/C46H32N2/c1-3-14-34(15-4-1)42-25-13-26-44-43-23-9-10-27-45(43)48(46(42)44)39-21-12-20-38(32-39)47(36-18-5-2-6-19-36)37-30-28-35(29-31-37)41-24-11-17-33-16-7-8-22-40(33)41/h1-32H. The van der Waals surface area contributed by atoms with E-state index in [0.717, 1.165) is 22.7 Å². The Kier molecular flexibility index (Phi) is 6.84. The first-order chi connectivity index (χ1) is 23.8. The van der Waals surface area contributed by atoms with Crippen LogP contribution in [0.3, 0.4) is 0 Å². The molecule has 1 aromatic heterocycles. The molecule has 226 valence electrons. The molecule has 48 heavy (non-hydrogen) atoms. The van der Waals surface area contributed by atoms with Gasteiger partial charge in [0.05, 0.1) is 11.0 Å². The van der Waals surface area contributed by atoms with Crippen molar-refractivity contribution in [3.8, 4) is 27.9 Å². The van der Waals surface area contributed by atoms with Gasteiger partial charge < -0.3 is 9.47 Å². The molecule has 0 unspecified atom stereocenters. The van der Waals surface area contributed by atoms with E-state index in [1.165, 1.54) is 54.8 Å². The van der Waals surface area contributed by atoms with E-state index in [1.54, 1.807) is 0 Å². The molecule has 0 aliphatic carbocycles. The smallest absolute Gasteiger partial charge is 0.0619 e. The van der Waals surface area contributed by atoms with Gasteiger partial charge in [-0.3, -0.25) is 0 Å². The van der Waals surface area contributed by atoms with Gasteiger partial charge in [0.2, 0.25) is 0 Å². The minimum absolute atomic E-state index is 1.10. The van der Waals surface area contributed by atoms with Crippen molar-refractivity contribution in [2.75, 3.05) is 4.90 Å². The minimum Gasteiger partial charge on any atom is -0.310 e. The highest BCUT2D eigenvalue weighted by Gasteiger charge is 2.18. The molecule has 8 aromatic carbocycles. The van der Waals surface area contributed by atoms with Crippen molar-refractivity contribution in [1.82, 2.24) is 4.57 Å². The van der Waals surface area contributed by atoms with Gasteiger partial charge in [-0.05, 0) is 76.0 Å². The number of nitrogens with zero attached hydrogens (tertiary/aromatic N) is 2. The molecule has 0 spiro atoms. The zero-order chi connectivity index (χ0) is 31.9. The third-order valence-electron chi connectivity index (χ3n) is 9.37. The van der Waals surface area contributed by atoms with E-state index < -0.39 is 0 Å². The van der Waals surface area contributed by atoms with Crippen LogP contribution in [0.4, 0.5) is 17.1 Å². The van der Waals surface area contributed by atoms with Crippen molar-refractivity contribution in [3.05, 3.63) is 194 Å². The van der Waals surface area contributed by atoms with Crippen molar-refractivity contribution in [2.45, 2.75) is 0 Å². The highest BCUT2D eigenvalue weighted by atomic mass is 15.1. The third-order valence-corrected chi connectivity index (χ3v) is 9.37. The zero-order valence-corrected chi connectivity index (χ0v) is 26.4. The van der Waals surface area contributed by atoms with Crippen LogP contribution in [-0.4, -0.2) is 4.57 Å². The van der Waals surface area contributed by atoms with Crippen LogP contribution in [0, 0.1) is 0 Å². The molecule has 0 saturated carbocycles. The molecule has 2 heteroatoms. The Morgan fingerprint density at radius 1 is 0.354 bits per heavy atom. The first-order valence-electron chi connectivity index (χ1n) is 16.4. The molecule has 0 aliphatic rings. The summed E-state index contributed by atoms with van der Waals surface area (Å²) in [7, 11) is 0. The molecule has 9 rings (SSSR count). The van der Waals surface area contributed by atoms with E-state index in [1.807, 2.05) is 0 Å². The van der Waals surface area contributed by atoms with Gasteiger partial charge in [0.25, 0.3) is 0 Å². The summed E-state index contributed by atoms with van der Waals surface area (Å²) in [5, 5.41) is 5.02. The fraction of sp³-hybridized carbons (Fsp3) is 0. The lowest BCUT2D eigenvalue weighted by Gasteiger charge is -2.26. The molecule has 0 bridgehead atoms. The Labute approximate surface area is 280 Å². The van der Waals surface area contributed by atoms with Crippen LogP contribution in [0.1, 0.15) is 0 Å². The number of rotatable bonds is 6. The molecule has 0 N–H and O–H groups in total. The van der Waals surface area contributed by atoms with Crippen LogP contribution in [0.25, 0.3) is 60.5 Å². The Hall–Kier alpha value is -6.38. The summed E-state index contributed by atoms with van der Waals surface area (Å²) in [6, 6.07) is 69.8. The average molecular weight is 613 g/mol. The second-order valence-electron chi connectivity index (χ2n) is 12.2. The lowest BCUT2D eigenvalue weighted by Crippen LogP contribution is -2.10. The summed E-state index contributed by atoms with van der Waals surface area (Å²) in [4.78, 5) is 2.35. The number of aromatic nitrogens is 1. The van der Waals surface area contributed by atoms with E-state index >= 15 is 0 Å².